The lowest BCUT2D eigenvalue weighted by Crippen LogP contribution is -2.14. The molecule has 134 valence electrons. The van der Waals surface area contributed by atoms with E-state index >= 15 is 0 Å². The van der Waals surface area contributed by atoms with Crippen LogP contribution in [0.4, 0.5) is 5.69 Å². The Hall–Kier alpha value is -2.93. The number of hydrogen-bond donors (Lipinski definition) is 1. The Morgan fingerprint density at radius 1 is 1.15 bits per heavy atom. The summed E-state index contributed by atoms with van der Waals surface area (Å²) in [5.41, 5.74) is 2.68. The third-order valence-corrected chi connectivity index (χ3v) is 5.07. The molecule has 0 saturated heterocycles. The molecule has 0 spiro atoms. The average molecular weight is 369 g/mol. The fraction of sp³-hybridized carbons (Fsp3) is 0.158. The van der Waals surface area contributed by atoms with E-state index < -0.39 is 9.84 Å². The summed E-state index contributed by atoms with van der Waals surface area (Å²) in [5.74, 6) is -0.368. The van der Waals surface area contributed by atoms with Gasteiger partial charge in [-0.25, -0.2) is 8.42 Å². The fourth-order valence-electron chi connectivity index (χ4n) is 2.56. The van der Waals surface area contributed by atoms with Crippen molar-refractivity contribution in [3.63, 3.8) is 0 Å². The number of anilines is 1. The fourth-order valence-corrected chi connectivity index (χ4v) is 3.21. The largest absolute Gasteiger partial charge is 0.319 e. The van der Waals surface area contributed by atoms with Crippen LogP contribution in [-0.2, 0) is 16.4 Å². The van der Waals surface area contributed by atoms with Crippen molar-refractivity contribution in [2.45, 2.75) is 18.4 Å². The van der Waals surface area contributed by atoms with Gasteiger partial charge in [-0.2, -0.15) is 5.10 Å². The van der Waals surface area contributed by atoms with Gasteiger partial charge in [-0.3, -0.25) is 9.48 Å². The Labute approximate surface area is 152 Å². The predicted molar refractivity (Wildman–Crippen MR) is 100 cm³/mol. The molecule has 7 heteroatoms. The number of nitrogens with zero attached hydrogens (tertiary/aromatic N) is 2. The minimum absolute atomic E-state index is 0.119. The molecule has 6 nitrogen and oxygen atoms in total. The topological polar surface area (TPSA) is 81.1 Å². The zero-order chi connectivity index (χ0) is 18.7. The van der Waals surface area contributed by atoms with E-state index in [1.165, 1.54) is 12.1 Å². The minimum atomic E-state index is -3.38. The molecule has 2 aromatic carbocycles. The molecule has 3 aromatic rings. The lowest BCUT2D eigenvalue weighted by atomic mass is 10.1. The summed E-state index contributed by atoms with van der Waals surface area (Å²) in [6.07, 6.45) is 4.42. The van der Waals surface area contributed by atoms with Gasteiger partial charge in [-0.1, -0.05) is 36.4 Å². The molecule has 0 saturated carbocycles. The SMILES string of the molecule is Cc1ccc(S(C)(=O)=O)cc1C(=O)Nc1cnn(Cc2ccccc2)c1. The lowest BCUT2D eigenvalue weighted by molar-refractivity contribution is 0.102. The van der Waals surface area contributed by atoms with E-state index in [1.54, 1.807) is 30.1 Å². The van der Waals surface area contributed by atoms with Gasteiger partial charge < -0.3 is 5.32 Å². The highest BCUT2D eigenvalue weighted by molar-refractivity contribution is 7.90. The number of aromatic nitrogens is 2. The Morgan fingerprint density at radius 2 is 1.88 bits per heavy atom. The molecule has 1 aromatic heterocycles. The van der Waals surface area contributed by atoms with Crippen molar-refractivity contribution < 1.29 is 13.2 Å². The van der Waals surface area contributed by atoms with Crippen molar-refractivity contribution in [1.29, 1.82) is 0 Å². The molecule has 0 unspecified atom stereocenters. The van der Waals surface area contributed by atoms with Crippen molar-refractivity contribution >= 4 is 21.4 Å². The van der Waals surface area contributed by atoms with Crippen LogP contribution < -0.4 is 5.32 Å². The van der Waals surface area contributed by atoms with Crippen molar-refractivity contribution in [3.8, 4) is 0 Å². The van der Waals surface area contributed by atoms with E-state index in [4.69, 9.17) is 0 Å². The third kappa shape index (κ3) is 4.18. The maximum atomic E-state index is 12.5. The second-order valence-electron chi connectivity index (χ2n) is 6.12. The van der Waals surface area contributed by atoms with E-state index in [9.17, 15) is 13.2 Å². The van der Waals surface area contributed by atoms with Crippen molar-refractivity contribution in [3.05, 3.63) is 77.6 Å². The van der Waals surface area contributed by atoms with Crippen molar-refractivity contribution in [2.75, 3.05) is 11.6 Å². The van der Waals surface area contributed by atoms with Crippen LogP contribution in [-0.4, -0.2) is 30.4 Å². The summed E-state index contributed by atoms with van der Waals surface area (Å²) < 4.78 is 25.1. The highest BCUT2D eigenvalue weighted by Crippen LogP contribution is 2.17. The zero-order valence-corrected chi connectivity index (χ0v) is 15.3. The molecular weight excluding hydrogens is 350 g/mol. The predicted octanol–water partition coefficient (Wildman–Crippen LogP) is 2.90. The zero-order valence-electron chi connectivity index (χ0n) is 14.5. The molecule has 0 fully saturated rings. The van der Waals surface area contributed by atoms with Gasteiger partial charge in [0.2, 0.25) is 0 Å². The number of carbonyl (C=O) groups is 1. The molecule has 0 aliphatic heterocycles. The number of hydrogen-bond acceptors (Lipinski definition) is 4. The van der Waals surface area contributed by atoms with Gasteiger partial charge in [-0.05, 0) is 30.2 Å². The highest BCUT2D eigenvalue weighted by atomic mass is 32.2. The molecule has 0 radical (unpaired) electrons. The first-order valence-corrected chi connectivity index (χ1v) is 9.90. The van der Waals surface area contributed by atoms with Gasteiger partial charge in [0.05, 0.1) is 23.3 Å². The number of benzene rings is 2. The number of sulfone groups is 1. The van der Waals surface area contributed by atoms with Crippen molar-refractivity contribution in [2.24, 2.45) is 0 Å². The number of carbonyl (C=O) groups excluding carboxylic acids is 1. The maximum absolute atomic E-state index is 12.5. The van der Waals surface area contributed by atoms with Gasteiger partial charge in [0.1, 0.15) is 0 Å². The van der Waals surface area contributed by atoms with Crippen LogP contribution >= 0.6 is 0 Å². The first-order chi connectivity index (χ1) is 12.3. The van der Waals surface area contributed by atoms with E-state index in [1.807, 2.05) is 30.3 Å². The average Bonchev–Trinajstić information content (AvgIpc) is 3.02. The second kappa shape index (κ2) is 7.13. The molecule has 1 heterocycles. The molecule has 1 amide bonds. The molecule has 0 aliphatic carbocycles. The van der Waals surface area contributed by atoms with E-state index in [0.717, 1.165) is 11.8 Å². The van der Waals surface area contributed by atoms with Crippen LogP contribution in [0.15, 0.2) is 65.8 Å². The van der Waals surface area contributed by atoms with Crippen LogP contribution in [0.2, 0.25) is 0 Å². The first-order valence-electron chi connectivity index (χ1n) is 8.01. The second-order valence-corrected chi connectivity index (χ2v) is 8.13. The third-order valence-electron chi connectivity index (χ3n) is 3.96. The summed E-state index contributed by atoms with van der Waals surface area (Å²) in [6.45, 7) is 2.36. The molecule has 0 atom stereocenters. The number of nitrogens with one attached hydrogen (secondary N) is 1. The molecule has 0 bridgehead atoms. The lowest BCUT2D eigenvalue weighted by Gasteiger charge is -2.08. The smallest absolute Gasteiger partial charge is 0.256 e. The summed E-state index contributed by atoms with van der Waals surface area (Å²) in [5, 5.41) is 7.01. The molecule has 0 aliphatic rings. The van der Waals surface area contributed by atoms with Gasteiger partial charge in [0.25, 0.3) is 5.91 Å². The first kappa shape index (κ1) is 17.9. The standard InChI is InChI=1S/C19H19N3O3S/c1-14-8-9-17(26(2,24)25)10-18(14)19(23)21-16-11-20-22(13-16)12-15-6-4-3-5-7-15/h3-11,13H,12H2,1-2H3,(H,21,23). The van der Waals surface area contributed by atoms with E-state index in [2.05, 4.69) is 10.4 Å². The van der Waals surface area contributed by atoms with Gasteiger partial charge in [0, 0.05) is 18.0 Å². The highest BCUT2D eigenvalue weighted by Gasteiger charge is 2.15. The van der Waals surface area contributed by atoms with E-state index in [0.29, 0.717) is 23.4 Å². The maximum Gasteiger partial charge on any atom is 0.256 e. The number of rotatable bonds is 5. The van der Waals surface area contributed by atoms with Gasteiger partial charge in [-0.15, -0.1) is 0 Å². The van der Waals surface area contributed by atoms with Crippen LogP contribution in [0.25, 0.3) is 0 Å². The molecular formula is C19H19N3O3S. The van der Waals surface area contributed by atoms with Crippen LogP contribution in [0, 0.1) is 6.92 Å². The monoisotopic (exact) mass is 369 g/mol. The quantitative estimate of drug-likeness (QED) is 0.750. The Bertz CT molecular complexity index is 1040. The molecule has 1 N–H and O–H groups in total. The Balaban J connectivity index is 1.77. The van der Waals surface area contributed by atoms with Crippen molar-refractivity contribution in [1.82, 2.24) is 9.78 Å². The minimum Gasteiger partial charge on any atom is -0.319 e. The van der Waals surface area contributed by atoms with E-state index in [-0.39, 0.29) is 10.8 Å². The van der Waals surface area contributed by atoms with Gasteiger partial charge >= 0.3 is 0 Å². The Kier molecular flexibility index (Phi) is 4.90. The summed E-state index contributed by atoms with van der Waals surface area (Å²) >= 11 is 0. The normalized spacial score (nSPS) is 11.3. The number of aryl methyl sites for hydroxylation is 1. The number of amides is 1. The summed E-state index contributed by atoms with van der Waals surface area (Å²) in [7, 11) is -3.38. The van der Waals surface area contributed by atoms with Crippen LogP contribution in [0.3, 0.4) is 0 Å². The summed E-state index contributed by atoms with van der Waals surface area (Å²) in [4.78, 5) is 12.7. The van der Waals surface area contributed by atoms with Gasteiger partial charge in [0.15, 0.2) is 9.84 Å². The van der Waals surface area contributed by atoms with Crippen LogP contribution in [0.5, 0.6) is 0 Å². The van der Waals surface area contributed by atoms with Crippen LogP contribution in [0.1, 0.15) is 21.5 Å². The Morgan fingerprint density at radius 3 is 2.58 bits per heavy atom. The summed E-state index contributed by atoms with van der Waals surface area (Å²) in [6, 6.07) is 14.4. The molecule has 3 rings (SSSR count). The molecule has 26 heavy (non-hydrogen) atoms.